The number of nitrogens with two attached hydrogens (primary N) is 1. The van der Waals surface area contributed by atoms with Crippen molar-refractivity contribution < 1.29 is 0 Å². The number of hydrogen-bond acceptors (Lipinski definition) is 4. The topological polar surface area (TPSA) is 54.2 Å². The first-order valence-corrected chi connectivity index (χ1v) is 11.8. The quantitative estimate of drug-likeness (QED) is 0.422. The highest BCUT2D eigenvalue weighted by Gasteiger charge is 2.30. The van der Waals surface area contributed by atoms with Crippen molar-refractivity contribution in [2.24, 2.45) is 5.73 Å². The van der Waals surface area contributed by atoms with Crippen molar-refractivity contribution in [3.05, 3.63) is 93.2 Å². The number of nitrogens with zero attached hydrogens (tertiary/aromatic N) is 2. The molecule has 0 saturated carbocycles. The maximum Gasteiger partial charge on any atom is 0.0747 e. The van der Waals surface area contributed by atoms with Gasteiger partial charge in [-0.25, -0.2) is 0 Å². The molecule has 2 heterocycles. The summed E-state index contributed by atoms with van der Waals surface area (Å²) in [4.78, 5) is 6.95. The van der Waals surface area contributed by atoms with E-state index in [0.717, 1.165) is 16.9 Å². The summed E-state index contributed by atoms with van der Waals surface area (Å²) in [6, 6.07) is 17.9. The van der Waals surface area contributed by atoms with E-state index in [9.17, 15) is 0 Å². The molecule has 1 atom stereocenters. The Morgan fingerprint density at radius 1 is 1.00 bits per heavy atom. The van der Waals surface area contributed by atoms with Crippen LogP contribution in [0.15, 0.2) is 60.8 Å². The van der Waals surface area contributed by atoms with Gasteiger partial charge in [0.2, 0.25) is 0 Å². The van der Waals surface area contributed by atoms with Crippen LogP contribution in [0.1, 0.15) is 55.1 Å². The van der Waals surface area contributed by atoms with E-state index < -0.39 is 6.04 Å². The molecule has 3 aromatic rings. The highest BCUT2D eigenvalue weighted by atomic mass is 35.5. The van der Waals surface area contributed by atoms with E-state index in [4.69, 9.17) is 28.9 Å². The van der Waals surface area contributed by atoms with Gasteiger partial charge in [-0.1, -0.05) is 47.5 Å². The summed E-state index contributed by atoms with van der Waals surface area (Å²) in [5.74, 6) is 0. The maximum absolute atomic E-state index is 6.52. The summed E-state index contributed by atoms with van der Waals surface area (Å²) >= 11 is 12.2. The molecule has 4 rings (SSSR count). The smallest absolute Gasteiger partial charge is 0.0747 e. The average molecular weight is 469 g/mol. The second-order valence-electron chi connectivity index (χ2n) is 8.91. The summed E-state index contributed by atoms with van der Waals surface area (Å²) in [7, 11) is 0. The number of anilines is 1. The third-order valence-electron chi connectivity index (χ3n) is 6.46. The van der Waals surface area contributed by atoms with Gasteiger partial charge in [0.15, 0.2) is 0 Å². The van der Waals surface area contributed by atoms with Crippen LogP contribution in [0.5, 0.6) is 0 Å². The SMILES string of the molecule is CC(C)(c1ccc(CNc2ccc(Cl)cc2C(N)c2ccc(Cl)cn2)cc1)N1CCCC1. The standard InChI is InChI=1S/C26H30Cl2N4/c1-26(2,32-13-3-4-14-32)19-7-5-18(6-8-19)16-30-23-11-9-20(27)15-22(23)25(29)24-12-10-21(28)17-31-24/h5-12,15,17,25,30H,3-4,13-14,16,29H2,1-2H3. The molecule has 0 bridgehead atoms. The lowest BCUT2D eigenvalue weighted by Crippen LogP contribution is -2.39. The van der Waals surface area contributed by atoms with Crippen molar-refractivity contribution in [2.45, 2.75) is 44.8 Å². The predicted octanol–water partition coefficient (Wildman–Crippen LogP) is 6.38. The number of aromatic nitrogens is 1. The van der Waals surface area contributed by atoms with Gasteiger partial charge in [0.05, 0.1) is 16.8 Å². The second kappa shape index (κ2) is 9.80. The van der Waals surface area contributed by atoms with Gasteiger partial charge >= 0.3 is 0 Å². The van der Waals surface area contributed by atoms with Crippen molar-refractivity contribution in [2.75, 3.05) is 18.4 Å². The highest BCUT2D eigenvalue weighted by Crippen LogP contribution is 2.32. The van der Waals surface area contributed by atoms with E-state index >= 15 is 0 Å². The maximum atomic E-state index is 6.52. The van der Waals surface area contributed by atoms with E-state index in [-0.39, 0.29) is 5.54 Å². The van der Waals surface area contributed by atoms with Gasteiger partial charge in [-0.3, -0.25) is 9.88 Å². The van der Waals surface area contributed by atoms with Gasteiger partial charge in [-0.2, -0.15) is 0 Å². The molecule has 0 spiro atoms. The molecule has 6 heteroatoms. The van der Waals surface area contributed by atoms with Crippen LogP contribution < -0.4 is 11.1 Å². The van der Waals surface area contributed by atoms with E-state index in [1.165, 1.54) is 37.1 Å². The summed E-state index contributed by atoms with van der Waals surface area (Å²) in [6.45, 7) is 7.69. The molecule has 4 nitrogen and oxygen atoms in total. The van der Waals surface area contributed by atoms with Crippen LogP contribution in [-0.2, 0) is 12.1 Å². The van der Waals surface area contributed by atoms with Crippen LogP contribution in [0.4, 0.5) is 5.69 Å². The van der Waals surface area contributed by atoms with Crippen molar-refractivity contribution in [3.63, 3.8) is 0 Å². The van der Waals surface area contributed by atoms with Crippen LogP contribution in [0.25, 0.3) is 0 Å². The molecule has 2 aromatic carbocycles. The Balaban J connectivity index is 1.48. The second-order valence-corrected chi connectivity index (χ2v) is 9.79. The monoisotopic (exact) mass is 468 g/mol. The van der Waals surface area contributed by atoms with Crippen molar-refractivity contribution in [1.82, 2.24) is 9.88 Å². The number of rotatable bonds is 7. The first kappa shape index (κ1) is 23.1. The van der Waals surface area contributed by atoms with Gasteiger partial charge in [0.25, 0.3) is 0 Å². The molecule has 1 unspecified atom stereocenters. The van der Waals surface area contributed by atoms with Gasteiger partial charge in [-0.15, -0.1) is 0 Å². The third-order valence-corrected chi connectivity index (χ3v) is 6.92. The lowest BCUT2D eigenvalue weighted by molar-refractivity contribution is 0.155. The van der Waals surface area contributed by atoms with Gasteiger partial charge < -0.3 is 11.1 Å². The Bertz CT molecular complexity index is 1040. The molecule has 1 fully saturated rings. The summed E-state index contributed by atoms with van der Waals surface area (Å²) in [5, 5.41) is 4.76. The van der Waals surface area contributed by atoms with Crippen molar-refractivity contribution >= 4 is 28.9 Å². The molecule has 1 aromatic heterocycles. The van der Waals surface area contributed by atoms with E-state index in [0.29, 0.717) is 16.6 Å². The van der Waals surface area contributed by atoms with Crippen LogP contribution in [0.3, 0.4) is 0 Å². The molecule has 0 radical (unpaired) electrons. The van der Waals surface area contributed by atoms with Crippen LogP contribution >= 0.6 is 23.2 Å². The number of hydrogen-bond donors (Lipinski definition) is 2. The fraction of sp³-hybridized carbons (Fsp3) is 0.346. The van der Waals surface area contributed by atoms with Crippen LogP contribution in [0.2, 0.25) is 10.0 Å². The lowest BCUT2D eigenvalue weighted by atomic mass is 9.91. The summed E-state index contributed by atoms with van der Waals surface area (Å²) < 4.78 is 0. The molecular weight excluding hydrogens is 439 g/mol. The number of halogens is 2. The number of likely N-dealkylation sites (tertiary alicyclic amines) is 1. The lowest BCUT2D eigenvalue weighted by Gasteiger charge is -2.36. The van der Waals surface area contributed by atoms with Crippen LogP contribution in [0, 0.1) is 0 Å². The molecule has 3 N–H and O–H groups in total. The molecule has 168 valence electrons. The van der Waals surface area contributed by atoms with Gasteiger partial charge in [0.1, 0.15) is 0 Å². The minimum atomic E-state index is -0.405. The normalized spacial score (nSPS) is 15.7. The molecule has 1 aliphatic heterocycles. The fourth-order valence-corrected chi connectivity index (χ4v) is 4.66. The van der Waals surface area contributed by atoms with Crippen molar-refractivity contribution in [1.29, 1.82) is 0 Å². The minimum Gasteiger partial charge on any atom is -0.381 e. The first-order valence-electron chi connectivity index (χ1n) is 11.1. The zero-order chi connectivity index (χ0) is 22.7. The molecule has 1 aliphatic rings. The minimum absolute atomic E-state index is 0.0597. The Kier molecular flexibility index (Phi) is 7.06. The summed E-state index contributed by atoms with van der Waals surface area (Å²) in [6.07, 6.45) is 4.20. The first-order chi connectivity index (χ1) is 15.3. The van der Waals surface area contributed by atoms with Crippen LogP contribution in [-0.4, -0.2) is 23.0 Å². The molecule has 0 aliphatic carbocycles. The van der Waals surface area contributed by atoms with Gasteiger partial charge in [-0.05, 0) is 86.8 Å². The fourth-order valence-electron chi connectivity index (χ4n) is 4.37. The molecule has 0 amide bonds. The van der Waals surface area contributed by atoms with E-state index in [2.05, 4.69) is 53.3 Å². The number of nitrogens with one attached hydrogen (secondary N) is 1. The zero-order valence-corrected chi connectivity index (χ0v) is 20.1. The Morgan fingerprint density at radius 3 is 2.34 bits per heavy atom. The summed E-state index contributed by atoms with van der Waals surface area (Å²) in [5.41, 5.74) is 11.7. The van der Waals surface area contributed by atoms with Crippen molar-refractivity contribution in [3.8, 4) is 0 Å². The molecular formula is C26H30Cl2N4. The zero-order valence-electron chi connectivity index (χ0n) is 18.6. The highest BCUT2D eigenvalue weighted by molar-refractivity contribution is 6.30. The predicted molar refractivity (Wildman–Crippen MR) is 134 cm³/mol. The molecule has 1 saturated heterocycles. The Hall–Kier alpha value is -2.11. The number of pyridine rings is 1. The Morgan fingerprint density at radius 2 is 1.69 bits per heavy atom. The third kappa shape index (κ3) is 5.10. The largest absolute Gasteiger partial charge is 0.381 e. The molecule has 32 heavy (non-hydrogen) atoms. The van der Waals surface area contributed by atoms with E-state index in [1.807, 2.05) is 24.3 Å². The van der Waals surface area contributed by atoms with E-state index in [1.54, 1.807) is 12.3 Å². The Labute approximate surface area is 200 Å². The average Bonchev–Trinajstić information content (AvgIpc) is 3.34. The number of benzene rings is 2. The van der Waals surface area contributed by atoms with Gasteiger partial charge in [0, 0.05) is 29.0 Å².